The minimum Gasteiger partial charge on any atom is -0.224 e. The Kier molecular flexibility index (Phi) is 5.85. The van der Waals surface area contributed by atoms with E-state index in [4.69, 9.17) is 23.2 Å². The van der Waals surface area contributed by atoms with E-state index in [0.717, 1.165) is 6.26 Å². The molecule has 0 aromatic heterocycles. The van der Waals surface area contributed by atoms with Crippen molar-refractivity contribution in [2.45, 2.75) is 22.8 Å². The van der Waals surface area contributed by atoms with Crippen LogP contribution in [-0.4, -0.2) is 34.4 Å². The number of hydrogen-bond donors (Lipinski definition) is 0. The van der Waals surface area contributed by atoms with Gasteiger partial charge in [-0.3, -0.25) is 0 Å². The van der Waals surface area contributed by atoms with Crippen molar-refractivity contribution in [3.63, 3.8) is 0 Å². The fourth-order valence-electron chi connectivity index (χ4n) is 2.26. The molecule has 0 amide bonds. The fraction of sp³-hybridized carbons (Fsp3) is 0.250. The maximum Gasteiger partial charge on any atom is 0.243 e. The average molecular weight is 422 g/mol. The molecule has 0 aliphatic heterocycles. The summed E-state index contributed by atoms with van der Waals surface area (Å²) >= 11 is 11.8. The van der Waals surface area contributed by atoms with Crippen LogP contribution in [0.2, 0.25) is 10.0 Å². The Hall–Kier alpha value is -1.12. The van der Waals surface area contributed by atoms with Crippen LogP contribution >= 0.6 is 23.2 Å². The van der Waals surface area contributed by atoms with E-state index >= 15 is 0 Å². The SMILES string of the molecule is C[C@H](c1ccc(S(C)(=O)=O)cc1)N(C)S(=O)(=O)c1cc(Cl)cc(Cl)c1. The quantitative estimate of drug-likeness (QED) is 0.735. The second-order valence-electron chi connectivity index (χ2n) is 5.64. The molecule has 0 fully saturated rings. The van der Waals surface area contributed by atoms with Crippen LogP contribution in [0.15, 0.2) is 52.3 Å². The van der Waals surface area contributed by atoms with Crippen LogP contribution in [0.25, 0.3) is 0 Å². The molecule has 0 N–H and O–H groups in total. The van der Waals surface area contributed by atoms with Crippen LogP contribution in [-0.2, 0) is 19.9 Å². The highest BCUT2D eigenvalue weighted by atomic mass is 35.5. The molecule has 0 radical (unpaired) electrons. The van der Waals surface area contributed by atoms with E-state index in [9.17, 15) is 16.8 Å². The maximum atomic E-state index is 12.8. The van der Waals surface area contributed by atoms with Gasteiger partial charge in [0, 0.05) is 29.4 Å². The van der Waals surface area contributed by atoms with Crippen molar-refractivity contribution in [1.82, 2.24) is 4.31 Å². The topological polar surface area (TPSA) is 71.5 Å². The zero-order valence-electron chi connectivity index (χ0n) is 13.8. The zero-order chi connectivity index (χ0) is 19.0. The Morgan fingerprint density at radius 1 is 0.880 bits per heavy atom. The van der Waals surface area contributed by atoms with E-state index < -0.39 is 25.9 Å². The van der Waals surface area contributed by atoms with E-state index in [2.05, 4.69) is 0 Å². The molecule has 0 aliphatic rings. The molecule has 2 aromatic carbocycles. The molecule has 2 rings (SSSR count). The summed E-state index contributed by atoms with van der Waals surface area (Å²) < 4.78 is 49.8. The molecule has 0 aliphatic carbocycles. The van der Waals surface area contributed by atoms with Crippen LogP contribution in [0.5, 0.6) is 0 Å². The number of hydrogen-bond acceptors (Lipinski definition) is 4. The fourth-order valence-corrected chi connectivity index (χ4v) is 4.96. The van der Waals surface area contributed by atoms with Crippen molar-refractivity contribution >= 4 is 43.1 Å². The predicted molar refractivity (Wildman–Crippen MR) is 99.4 cm³/mol. The monoisotopic (exact) mass is 421 g/mol. The number of sulfone groups is 1. The average Bonchev–Trinajstić information content (AvgIpc) is 2.51. The Labute approximate surface area is 158 Å². The van der Waals surface area contributed by atoms with E-state index in [1.165, 1.54) is 41.7 Å². The van der Waals surface area contributed by atoms with Crippen LogP contribution in [0.3, 0.4) is 0 Å². The molecule has 0 unspecified atom stereocenters. The van der Waals surface area contributed by atoms with E-state index in [1.807, 2.05) is 0 Å². The molecular weight excluding hydrogens is 405 g/mol. The Morgan fingerprint density at radius 2 is 1.36 bits per heavy atom. The van der Waals surface area contributed by atoms with Gasteiger partial charge in [-0.25, -0.2) is 16.8 Å². The van der Waals surface area contributed by atoms with Crippen LogP contribution in [0.1, 0.15) is 18.5 Å². The zero-order valence-corrected chi connectivity index (χ0v) is 16.9. The van der Waals surface area contributed by atoms with Gasteiger partial charge in [-0.2, -0.15) is 4.31 Å². The largest absolute Gasteiger partial charge is 0.243 e. The van der Waals surface area contributed by atoms with E-state index in [0.29, 0.717) is 5.56 Å². The first-order chi connectivity index (χ1) is 11.4. The van der Waals surface area contributed by atoms with E-state index in [-0.39, 0.29) is 19.8 Å². The lowest BCUT2D eigenvalue weighted by molar-refractivity contribution is 0.398. The molecule has 9 heteroatoms. The molecule has 1 atom stereocenters. The highest BCUT2D eigenvalue weighted by Gasteiger charge is 2.27. The molecular formula is C16H17Cl2NO4S2. The summed E-state index contributed by atoms with van der Waals surface area (Å²) in [7, 11) is -5.69. The summed E-state index contributed by atoms with van der Waals surface area (Å²) in [6.45, 7) is 1.71. The van der Waals surface area contributed by atoms with E-state index in [1.54, 1.807) is 19.1 Å². The number of rotatable bonds is 5. The first-order valence-electron chi connectivity index (χ1n) is 7.17. The van der Waals surface area contributed by atoms with Gasteiger partial charge in [-0.05, 0) is 42.8 Å². The van der Waals surface area contributed by atoms with Gasteiger partial charge in [0.25, 0.3) is 0 Å². The van der Waals surface area contributed by atoms with Gasteiger partial charge in [0.05, 0.1) is 9.79 Å². The lowest BCUT2D eigenvalue weighted by Gasteiger charge is -2.25. The molecule has 136 valence electrons. The van der Waals surface area contributed by atoms with Gasteiger partial charge < -0.3 is 0 Å². The number of sulfonamides is 1. The first kappa shape index (κ1) is 20.2. The highest BCUT2D eigenvalue weighted by molar-refractivity contribution is 7.90. The van der Waals surface area contributed by atoms with Gasteiger partial charge in [0.15, 0.2) is 9.84 Å². The summed E-state index contributed by atoms with van der Waals surface area (Å²) in [5.41, 5.74) is 0.659. The number of benzene rings is 2. The molecule has 5 nitrogen and oxygen atoms in total. The Morgan fingerprint density at radius 3 is 1.80 bits per heavy atom. The standard InChI is InChI=1S/C16H17Cl2NO4S2/c1-11(12-4-6-15(7-5-12)24(3,20)21)19(2)25(22,23)16-9-13(17)8-14(18)10-16/h4-11H,1-3H3/t11-/m1/s1. The minimum absolute atomic E-state index is 0.00731. The summed E-state index contributed by atoms with van der Waals surface area (Å²) in [6.07, 6.45) is 1.12. The van der Waals surface area contributed by atoms with Gasteiger partial charge in [-0.15, -0.1) is 0 Å². The molecule has 25 heavy (non-hydrogen) atoms. The van der Waals surface area contributed by atoms with Crippen molar-refractivity contribution in [2.75, 3.05) is 13.3 Å². The summed E-state index contributed by atoms with van der Waals surface area (Å²) in [4.78, 5) is 0.169. The third kappa shape index (κ3) is 4.54. The molecule has 0 saturated heterocycles. The minimum atomic E-state index is -3.82. The predicted octanol–water partition coefficient (Wildman–Crippen LogP) is 3.78. The van der Waals surface area contributed by atoms with Gasteiger partial charge in [-0.1, -0.05) is 35.3 Å². The van der Waals surface area contributed by atoms with Crippen LogP contribution < -0.4 is 0 Å². The van der Waals surface area contributed by atoms with Crippen molar-refractivity contribution in [3.05, 3.63) is 58.1 Å². The second-order valence-corrected chi connectivity index (χ2v) is 10.5. The Balaban J connectivity index is 2.36. The third-order valence-corrected chi connectivity index (χ3v) is 7.32. The highest BCUT2D eigenvalue weighted by Crippen LogP contribution is 2.29. The molecule has 0 saturated carbocycles. The van der Waals surface area contributed by atoms with Crippen LogP contribution in [0.4, 0.5) is 0 Å². The second kappa shape index (κ2) is 7.25. The normalized spacial score (nSPS) is 13.8. The van der Waals surface area contributed by atoms with Crippen molar-refractivity contribution in [2.24, 2.45) is 0 Å². The molecule has 2 aromatic rings. The molecule has 0 spiro atoms. The summed E-state index contributed by atoms with van der Waals surface area (Å²) in [5, 5.41) is 0.453. The lowest BCUT2D eigenvalue weighted by Crippen LogP contribution is -2.29. The van der Waals surface area contributed by atoms with Crippen molar-refractivity contribution < 1.29 is 16.8 Å². The van der Waals surface area contributed by atoms with Gasteiger partial charge in [0.2, 0.25) is 10.0 Å². The summed E-state index contributed by atoms with van der Waals surface area (Å²) in [5.74, 6) is 0. The summed E-state index contributed by atoms with van der Waals surface area (Å²) in [6, 6.07) is 9.70. The van der Waals surface area contributed by atoms with Gasteiger partial charge in [0.1, 0.15) is 0 Å². The third-order valence-electron chi connectivity index (χ3n) is 3.85. The van der Waals surface area contributed by atoms with Crippen molar-refractivity contribution in [3.8, 4) is 0 Å². The Bertz CT molecular complexity index is 967. The maximum absolute atomic E-state index is 12.8. The van der Waals surface area contributed by atoms with Gasteiger partial charge >= 0.3 is 0 Å². The molecule has 0 bridgehead atoms. The number of halogens is 2. The van der Waals surface area contributed by atoms with Crippen molar-refractivity contribution in [1.29, 1.82) is 0 Å². The number of nitrogens with zero attached hydrogens (tertiary/aromatic N) is 1. The molecule has 0 heterocycles. The first-order valence-corrected chi connectivity index (χ1v) is 11.3. The lowest BCUT2D eigenvalue weighted by atomic mass is 10.1. The van der Waals surface area contributed by atoms with Crippen LogP contribution in [0, 0.1) is 0 Å². The smallest absolute Gasteiger partial charge is 0.224 e.